The fraction of sp³-hybridized carbons (Fsp3) is 0.625. The lowest BCUT2D eigenvalue weighted by molar-refractivity contribution is -0.117. The van der Waals surface area contributed by atoms with Crippen LogP contribution in [-0.4, -0.2) is 12.3 Å². The molecule has 1 N–H and O–H groups in total. The SMILES string of the molecule is C=C=C(CCCC)CNC1=CC(=O)CC(C)(C)C1. The van der Waals surface area contributed by atoms with Crippen molar-refractivity contribution in [1.29, 1.82) is 0 Å². The van der Waals surface area contributed by atoms with Crippen LogP contribution in [0.2, 0.25) is 0 Å². The van der Waals surface area contributed by atoms with Crippen molar-refractivity contribution in [3.63, 3.8) is 0 Å². The summed E-state index contributed by atoms with van der Waals surface area (Å²) in [6, 6.07) is 0. The summed E-state index contributed by atoms with van der Waals surface area (Å²) in [5.74, 6) is 0.228. The van der Waals surface area contributed by atoms with E-state index < -0.39 is 0 Å². The molecule has 2 heteroatoms. The minimum Gasteiger partial charge on any atom is -0.384 e. The van der Waals surface area contributed by atoms with E-state index in [4.69, 9.17) is 0 Å². The van der Waals surface area contributed by atoms with Gasteiger partial charge in [0.25, 0.3) is 0 Å². The molecular formula is C16H25NO. The highest BCUT2D eigenvalue weighted by molar-refractivity contribution is 5.91. The quantitative estimate of drug-likeness (QED) is 0.724. The van der Waals surface area contributed by atoms with Gasteiger partial charge in [-0.2, -0.15) is 0 Å². The molecule has 0 saturated heterocycles. The molecule has 2 nitrogen and oxygen atoms in total. The Balaban J connectivity index is 2.52. The summed E-state index contributed by atoms with van der Waals surface area (Å²) in [5.41, 5.74) is 5.34. The van der Waals surface area contributed by atoms with Gasteiger partial charge in [-0.05, 0) is 30.3 Å². The van der Waals surface area contributed by atoms with E-state index in [0.717, 1.165) is 25.1 Å². The van der Waals surface area contributed by atoms with Gasteiger partial charge in [0.2, 0.25) is 0 Å². The van der Waals surface area contributed by atoms with Crippen LogP contribution in [0.15, 0.2) is 29.7 Å². The zero-order valence-corrected chi connectivity index (χ0v) is 11.9. The number of rotatable bonds is 6. The Hall–Kier alpha value is -1.27. The predicted octanol–water partition coefficient (Wildman–Crippen LogP) is 3.75. The Morgan fingerprint density at radius 2 is 2.22 bits per heavy atom. The zero-order chi connectivity index (χ0) is 13.6. The molecule has 1 aliphatic carbocycles. The number of unbranched alkanes of at least 4 members (excludes halogenated alkanes) is 1. The molecule has 0 saturated carbocycles. The van der Waals surface area contributed by atoms with Crippen molar-refractivity contribution in [2.24, 2.45) is 5.41 Å². The molecule has 0 spiro atoms. The first-order valence-electron chi connectivity index (χ1n) is 6.82. The molecule has 0 aromatic carbocycles. The third-order valence-corrected chi connectivity index (χ3v) is 3.27. The highest BCUT2D eigenvalue weighted by Crippen LogP contribution is 2.32. The van der Waals surface area contributed by atoms with Gasteiger partial charge in [-0.1, -0.05) is 33.8 Å². The van der Waals surface area contributed by atoms with E-state index in [2.05, 4.69) is 38.4 Å². The fourth-order valence-electron chi connectivity index (χ4n) is 2.31. The largest absolute Gasteiger partial charge is 0.384 e. The third kappa shape index (κ3) is 4.93. The number of nitrogens with one attached hydrogen (secondary N) is 1. The van der Waals surface area contributed by atoms with Crippen molar-refractivity contribution < 1.29 is 4.79 Å². The second-order valence-corrected chi connectivity index (χ2v) is 5.89. The Kier molecular flexibility index (Phi) is 5.43. The summed E-state index contributed by atoms with van der Waals surface area (Å²) in [5, 5.41) is 3.37. The van der Waals surface area contributed by atoms with E-state index in [0.29, 0.717) is 6.42 Å². The van der Waals surface area contributed by atoms with Crippen molar-refractivity contribution in [3.8, 4) is 0 Å². The summed E-state index contributed by atoms with van der Waals surface area (Å²) in [6.07, 6.45) is 6.74. The summed E-state index contributed by atoms with van der Waals surface area (Å²) in [6.45, 7) is 11.0. The second-order valence-electron chi connectivity index (χ2n) is 5.89. The Morgan fingerprint density at radius 3 is 2.78 bits per heavy atom. The minimum absolute atomic E-state index is 0.0790. The van der Waals surface area contributed by atoms with E-state index in [1.807, 2.05) is 0 Å². The third-order valence-electron chi connectivity index (χ3n) is 3.27. The average molecular weight is 247 g/mol. The first-order valence-corrected chi connectivity index (χ1v) is 6.82. The second kappa shape index (κ2) is 6.61. The Morgan fingerprint density at radius 1 is 1.50 bits per heavy atom. The maximum atomic E-state index is 11.6. The molecule has 100 valence electrons. The smallest absolute Gasteiger partial charge is 0.157 e. The average Bonchev–Trinajstić information content (AvgIpc) is 2.26. The first kappa shape index (κ1) is 14.8. The molecule has 0 unspecified atom stereocenters. The van der Waals surface area contributed by atoms with Crippen molar-refractivity contribution in [2.75, 3.05) is 6.54 Å². The van der Waals surface area contributed by atoms with E-state index in [1.165, 1.54) is 18.4 Å². The van der Waals surface area contributed by atoms with Gasteiger partial charge in [0.15, 0.2) is 5.78 Å². The van der Waals surface area contributed by atoms with E-state index in [1.54, 1.807) is 6.08 Å². The molecule has 1 aliphatic rings. The highest BCUT2D eigenvalue weighted by Gasteiger charge is 2.27. The van der Waals surface area contributed by atoms with Crippen LogP contribution in [0.1, 0.15) is 52.9 Å². The number of hydrogen-bond acceptors (Lipinski definition) is 2. The van der Waals surface area contributed by atoms with Crippen molar-refractivity contribution >= 4 is 5.78 Å². The maximum absolute atomic E-state index is 11.6. The lowest BCUT2D eigenvalue weighted by atomic mass is 9.79. The monoisotopic (exact) mass is 247 g/mol. The molecule has 0 radical (unpaired) electrons. The number of allylic oxidation sites excluding steroid dienone is 2. The van der Waals surface area contributed by atoms with Crippen LogP contribution in [0.4, 0.5) is 0 Å². The van der Waals surface area contributed by atoms with Gasteiger partial charge < -0.3 is 5.32 Å². The Labute approximate surface area is 111 Å². The molecule has 0 amide bonds. The summed E-state index contributed by atoms with van der Waals surface area (Å²) < 4.78 is 0. The normalized spacial score (nSPS) is 17.9. The zero-order valence-electron chi connectivity index (χ0n) is 11.9. The number of carbonyl (C=O) groups is 1. The van der Waals surface area contributed by atoms with E-state index >= 15 is 0 Å². The van der Waals surface area contributed by atoms with Gasteiger partial charge in [0.1, 0.15) is 0 Å². The lowest BCUT2D eigenvalue weighted by Gasteiger charge is -2.29. The predicted molar refractivity (Wildman–Crippen MR) is 76.3 cm³/mol. The molecular weight excluding hydrogens is 222 g/mol. The minimum atomic E-state index is 0.0790. The summed E-state index contributed by atoms with van der Waals surface area (Å²) in [7, 11) is 0. The van der Waals surface area contributed by atoms with Crippen LogP contribution in [0.3, 0.4) is 0 Å². The van der Waals surface area contributed by atoms with Gasteiger partial charge in [-0.15, -0.1) is 5.73 Å². The van der Waals surface area contributed by atoms with Gasteiger partial charge in [0.05, 0.1) is 0 Å². The van der Waals surface area contributed by atoms with Crippen LogP contribution in [0, 0.1) is 5.41 Å². The van der Waals surface area contributed by atoms with Crippen LogP contribution in [0.5, 0.6) is 0 Å². The van der Waals surface area contributed by atoms with Crippen LogP contribution >= 0.6 is 0 Å². The maximum Gasteiger partial charge on any atom is 0.157 e. The molecule has 18 heavy (non-hydrogen) atoms. The van der Waals surface area contributed by atoms with Gasteiger partial charge >= 0.3 is 0 Å². The molecule has 0 aliphatic heterocycles. The molecule has 1 rings (SSSR count). The summed E-state index contributed by atoms with van der Waals surface area (Å²) >= 11 is 0. The van der Waals surface area contributed by atoms with Crippen LogP contribution < -0.4 is 5.32 Å². The fourth-order valence-corrected chi connectivity index (χ4v) is 2.31. The van der Waals surface area contributed by atoms with E-state index in [9.17, 15) is 4.79 Å². The van der Waals surface area contributed by atoms with Crippen molar-refractivity contribution in [2.45, 2.75) is 52.9 Å². The van der Waals surface area contributed by atoms with Crippen molar-refractivity contribution in [3.05, 3.63) is 29.7 Å². The first-order chi connectivity index (χ1) is 8.46. The number of ketones is 1. The molecule has 0 atom stereocenters. The molecule has 0 aromatic rings. The number of carbonyl (C=O) groups excluding carboxylic acids is 1. The van der Waals surface area contributed by atoms with Crippen LogP contribution in [-0.2, 0) is 4.79 Å². The lowest BCUT2D eigenvalue weighted by Crippen LogP contribution is -2.28. The van der Waals surface area contributed by atoms with Gasteiger partial charge in [-0.25, -0.2) is 0 Å². The molecule has 0 fully saturated rings. The molecule has 0 heterocycles. The van der Waals surface area contributed by atoms with Crippen molar-refractivity contribution in [1.82, 2.24) is 5.32 Å². The van der Waals surface area contributed by atoms with E-state index in [-0.39, 0.29) is 11.2 Å². The standard InChI is InChI=1S/C16H25NO/c1-5-7-8-13(6-2)12-17-14-9-15(18)11-16(3,4)10-14/h9,17H,2,5,7-8,10-12H2,1,3-4H3. The topological polar surface area (TPSA) is 29.1 Å². The Bertz CT molecular complexity index is 384. The number of hydrogen-bond donors (Lipinski definition) is 1. The molecule has 0 aromatic heterocycles. The van der Waals surface area contributed by atoms with Gasteiger partial charge in [0, 0.05) is 24.7 Å². The van der Waals surface area contributed by atoms with Crippen LogP contribution in [0.25, 0.3) is 0 Å². The van der Waals surface area contributed by atoms with Gasteiger partial charge in [-0.3, -0.25) is 4.79 Å². The highest BCUT2D eigenvalue weighted by atomic mass is 16.1. The summed E-state index contributed by atoms with van der Waals surface area (Å²) in [4.78, 5) is 11.6. The molecule has 0 bridgehead atoms.